The minimum Gasteiger partial charge on any atom is -0.478 e. The number of aromatic carboxylic acids is 1. The Bertz CT molecular complexity index is 1020. The zero-order chi connectivity index (χ0) is 19.7. The van der Waals surface area contributed by atoms with Crippen molar-refractivity contribution in [3.63, 3.8) is 0 Å². The van der Waals surface area contributed by atoms with Crippen molar-refractivity contribution in [3.05, 3.63) is 48.0 Å². The minimum absolute atomic E-state index is 0.0244. The van der Waals surface area contributed by atoms with E-state index in [1.165, 1.54) is 12.3 Å². The summed E-state index contributed by atoms with van der Waals surface area (Å²) in [5.74, 6) is -1.16. The molecule has 0 bridgehead atoms. The molecule has 1 amide bonds. The molecule has 10 nitrogen and oxygen atoms in total. The van der Waals surface area contributed by atoms with Gasteiger partial charge in [0.1, 0.15) is 5.69 Å². The van der Waals surface area contributed by atoms with Crippen LogP contribution in [0.1, 0.15) is 33.6 Å². The molecule has 1 fully saturated rings. The molecule has 3 aromatic rings. The fourth-order valence-electron chi connectivity index (χ4n) is 2.98. The first kappa shape index (κ1) is 17.8. The number of amides is 1. The fourth-order valence-corrected chi connectivity index (χ4v) is 2.98. The Morgan fingerprint density at radius 1 is 1.18 bits per heavy atom. The maximum atomic E-state index is 12.2. The standard InChI is InChI=1S/C18H19N7O3/c1-24-8-13(7-21-24)16(26)20-10-18(4-5-18)11-25-9-15(22-23-25)14-3-2-12(6-19-14)17(27)28/h2-3,6-9H,4-5,10-11H2,1H3,(H,20,26)(H,27,28). The molecule has 1 aliphatic rings. The molecule has 3 aromatic heterocycles. The summed E-state index contributed by atoms with van der Waals surface area (Å²) < 4.78 is 3.33. The van der Waals surface area contributed by atoms with Crippen molar-refractivity contribution in [3.8, 4) is 11.4 Å². The topological polar surface area (TPSA) is 128 Å². The van der Waals surface area contributed by atoms with Crippen molar-refractivity contribution in [1.29, 1.82) is 0 Å². The summed E-state index contributed by atoms with van der Waals surface area (Å²) in [6.07, 6.45) is 8.31. The molecule has 0 radical (unpaired) electrons. The number of aryl methyl sites for hydroxylation is 1. The number of carboxylic acid groups (broad SMARTS) is 1. The molecular formula is C18H19N7O3. The van der Waals surface area contributed by atoms with Crippen LogP contribution in [0, 0.1) is 5.41 Å². The number of rotatable bonds is 7. The third-order valence-electron chi connectivity index (χ3n) is 4.86. The second-order valence-electron chi connectivity index (χ2n) is 7.12. The molecule has 0 aliphatic heterocycles. The van der Waals surface area contributed by atoms with Crippen LogP contribution < -0.4 is 5.32 Å². The molecule has 0 spiro atoms. The molecule has 3 heterocycles. The molecule has 0 atom stereocenters. The Kier molecular flexibility index (Phi) is 4.38. The zero-order valence-electron chi connectivity index (χ0n) is 15.2. The number of nitrogens with zero attached hydrogens (tertiary/aromatic N) is 6. The van der Waals surface area contributed by atoms with Gasteiger partial charge in [0.2, 0.25) is 0 Å². The largest absolute Gasteiger partial charge is 0.478 e. The van der Waals surface area contributed by atoms with Crippen molar-refractivity contribution in [2.45, 2.75) is 19.4 Å². The van der Waals surface area contributed by atoms with Gasteiger partial charge in [0, 0.05) is 37.9 Å². The smallest absolute Gasteiger partial charge is 0.337 e. The summed E-state index contributed by atoms with van der Waals surface area (Å²) in [6, 6.07) is 3.10. The molecule has 1 aliphatic carbocycles. The molecule has 144 valence electrons. The molecule has 10 heteroatoms. The average molecular weight is 381 g/mol. The lowest BCUT2D eigenvalue weighted by atomic mass is 10.1. The van der Waals surface area contributed by atoms with E-state index < -0.39 is 5.97 Å². The van der Waals surface area contributed by atoms with Crippen LogP contribution in [0.3, 0.4) is 0 Å². The van der Waals surface area contributed by atoms with Crippen molar-refractivity contribution in [1.82, 2.24) is 35.1 Å². The van der Waals surface area contributed by atoms with Crippen LogP contribution in [0.15, 0.2) is 36.9 Å². The molecule has 0 saturated heterocycles. The van der Waals surface area contributed by atoms with Gasteiger partial charge in [0.25, 0.3) is 5.91 Å². The Labute approximate surface area is 160 Å². The average Bonchev–Trinajstić information content (AvgIpc) is 3.07. The lowest BCUT2D eigenvalue weighted by molar-refractivity contribution is 0.0696. The summed E-state index contributed by atoms with van der Waals surface area (Å²) in [7, 11) is 1.77. The summed E-state index contributed by atoms with van der Waals surface area (Å²) in [5.41, 5.74) is 1.77. The van der Waals surface area contributed by atoms with Gasteiger partial charge in [-0.1, -0.05) is 5.21 Å². The Hall–Kier alpha value is -3.56. The van der Waals surface area contributed by atoms with Gasteiger partial charge in [-0.25, -0.2) is 4.79 Å². The van der Waals surface area contributed by atoms with Gasteiger partial charge in [-0.3, -0.25) is 19.1 Å². The number of carboxylic acids is 1. The van der Waals surface area contributed by atoms with Crippen LogP contribution in [0.25, 0.3) is 11.4 Å². The van der Waals surface area contributed by atoms with Crippen molar-refractivity contribution in [2.75, 3.05) is 6.54 Å². The van der Waals surface area contributed by atoms with E-state index in [2.05, 4.69) is 25.7 Å². The Balaban J connectivity index is 1.38. The van der Waals surface area contributed by atoms with Crippen molar-refractivity contribution in [2.24, 2.45) is 12.5 Å². The molecule has 0 unspecified atom stereocenters. The molecular weight excluding hydrogens is 362 g/mol. The van der Waals surface area contributed by atoms with Crippen molar-refractivity contribution < 1.29 is 14.7 Å². The van der Waals surface area contributed by atoms with Crippen molar-refractivity contribution >= 4 is 11.9 Å². The zero-order valence-corrected chi connectivity index (χ0v) is 15.2. The van der Waals surface area contributed by atoms with Crippen LogP contribution in [-0.2, 0) is 13.6 Å². The quantitative estimate of drug-likeness (QED) is 0.624. The van der Waals surface area contributed by atoms with Gasteiger partial charge in [0.05, 0.1) is 29.2 Å². The Morgan fingerprint density at radius 2 is 2.00 bits per heavy atom. The number of carbonyl (C=O) groups is 2. The third-order valence-corrected chi connectivity index (χ3v) is 4.86. The number of hydrogen-bond donors (Lipinski definition) is 2. The second kappa shape index (κ2) is 6.87. The predicted octanol–water partition coefficient (Wildman–Crippen LogP) is 0.982. The van der Waals surface area contributed by atoms with E-state index >= 15 is 0 Å². The number of nitrogens with one attached hydrogen (secondary N) is 1. The van der Waals surface area contributed by atoms with Gasteiger partial charge < -0.3 is 10.4 Å². The monoisotopic (exact) mass is 381 g/mol. The molecule has 2 N–H and O–H groups in total. The van der Waals surface area contributed by atoms with Gasteiger partial charge in [-0.2, -0.15) is 5.10 Å². The highest BCUT2D eigenvalue weighted by Crippen LogP contribution is 2.46. The van der Waals surface area contributed by atoms with Crippen LogP contribution in [-0.4, -0.2) is 53.3 Å². The van der Waals surface area contributed by atoms with E-state index in [4.69, 9.17) is 5.11 Å². The summed E-state index contributed by atoms with van der Waals surface area (Å²) in [4.78, 5) is 27.2. The normalized spacial score (nSPS) is 14.6. The van der Waals surface area contributed by atoms with Crippen LogP contribution in [0.2, 0.25) is 0 Å². The highest BCUT2D eigenvalue weighted by atomic mass is 16.4. The van der Waals surface area contributed by atoms with Crippen LogP contribution >= 0.6 is 0 Å². The highest BCUT2D eigenvalue weighted by Gasteiger charge is 2.43. The maximum absolute atomic E-state index is 12.2. The summed E-state index contributed by atoms with van der Waals surface area (Å²) in [5, 5.41) is 24.2. The highest BCUT2D eigenvalue weighted by molar-refractivity contribution is 5.93. The fraction of sp³-hybridized carbons (Fsp3) is 0.333. The number of carbonyl (C=O) groups excluding carboxylic acids is 1. The first-order valence-corrected chi connectivity index (χ1v) is 8.81. The predicted molar refractivity (Wildman–Crippen MR) is 97.4 cm³/mol. The van der Waals surface area contributed by atoms with Crippen LogP contribution in [0.5, 0.6) is 0 Å². The van der Waals surface area contributed by atoms with Gasteiger partial charge in [-0.15, -0.1) is 5.10 Å². The second-order valence-corrected chi connectivity index (χ2v) is 7.12. The van der Waals surface area contributed by atoms with Gasteiger partial charge >= 0.3 is 5.97 Å². The van der Waals surface area contributed by atoms with Gasteiger partial charge in [-0.05, 0) is 25.0 Å². The lowest BCUT2D eigenvalue weighted by Gasteiger charge is -2.15. The molecule has 0 aromatic carbocycles. The van der Waals surface area contributed by atoms with E-state index in [1.807, 2.05) is 0 Å². The Morgan fingerprint density at radius 3 is 2.61 bits per heavy atom. The van der Waals surface area contributed by atoms with E-state index in [0.717, 1.165) is 12.8 Å². The third kappa shape index (κ3) is 3.75. The SMILES string of the molecule is Cn1cc(C(=O)NCC2(Cn3cc(-c4ccc(C(=O)O)cn4)nn3)CC2)cn1. The number of pyridine rings is 1. The van der Waals surface area contributed by atoms with Gasteiger partial charge in [0.15, 0.2) is 0 Å². The van der Waals surface area contributed by atoms with Crippen LogP contribution in [0.4, 0.5) is 0 Å². The van der Waals surface area contributed by atoms with E-state index in [0.29, 0.717) is 30.0 Å². The van der Waals surface area contributed by atoms with E-state index in [1.54, 1.807) is 41.1 Å². The molecule has 28 heavy (non-hydrogen) atoms. The molecule has 1 saturated carbocycles. The maximum Gasteiger partial charge on any atom is 0.337 e. The van der Waals surface area contributed by atoms with E-state index in [9.17, 15) is 9.59 Å². The first-order chi connectivity index (χ1) is 13.4. The number of hydrogen-bond acceptors (Lipinski definition) is 6. The van der Waals surface area contributed by atoms with E-state index in [-0.39, 0.29) is 16.9 Å². The summed E-state index contributed by atoms with van der Waals surface area (Å²) >= 11 is 0. The first-order valence-electron chi connectivity index (χ1n) is 8.81. The lowest BCUT2D eigenvalue weighted by Crippen LogP contribution is -2.32. The minimum atomic E-state index is -1.02. The molecule has 4 rings (SSSR count). The summed E-state index contributed by atoms with van der Waals surface area (Å²) in [6.45, 7) is 1.20. The number of aromatic nitrogens is 6.